The van der Waals surface area contributed by atoms with Crippen LogP contribution in [0.5, 0.6) is 5.88 Å². The van der Waals surface area contributed by atoms with Crippen molar-refractivity contribution in [1.29, 1.82) is 0 Å². The quantitative estimate of drug-likeness (QED) is 0.834. The Kier molecular flexibility index (Phi) is 5.07. The van der Waals surface area contributed by atoms with Gasteiger partial charge in [0.2, 0.25) is 5.88 Å². The molecule has 11 heteroatoms. The fraction of sp³-hybridized carbons (Fsp3) is 0.231. The van der Waals surface area contributed by atoms with Crippen molar-refractivity contribution >= 4 is 23.4 Å². The average molecular weight is 363 g/mol. The van der Waals surface area contributed by atoms with Crippen LogP contribution in [0.2, 0.25) is 5.02 Å². The number of methoxy groups -OCH3 is 1. The number of pyridine rings is 1. The molecule has 2 rings (SSSR count). The van der Waals surface area contributed by atoms with Crippen LogP contribution < -0.4 is 10.5 Å². The number of ether oxygens (including phenoxy) is 2. The summed E-state index contributed by atoms with van der Waals surface area (Å²) in [6.45, 7) is -1.55. The standard InChI is InChI=1S/C13H10ClF3N4O3/c1-23-12(22)8-7(14)9(18)21-10(20-8)6-3-2-4-19-11(6)24-5-13(15,16)17/h2-4H,5H2,1H3,(H2,18,20,21). The van der Waals surface area contributed by atoms with Crippen LogP contribution in [0.3, 0.4) is 0 Å². The van der Waals surface area contributed by atoms with Crippen molar-refractivity contribution in [2.75, 3.05) is 19.5 Å². The van der Waals surface area contributed by atoms with Gasteiger partial charge in [-0.2, -0.15) is 13.2 Å². The first-order chi connectivity index (χ1) is 11.2. The molecule has 0 aromatic carbocycles. The number of esters is 1. The summed E-state index contributed by atoms with van der Waals surface area (Å²) in [6.07, 6.45) is -3.32. The van der Waals surface area contributed by atoms with E-state index in [1.807, 2.05) is 0 Å². The van der Waals surface area contributed by atoms with E-state index in [9.17, 15) is 18.0 Å². The molecule has 2 aromatic heterocycles. The van der Waals surface area contributed by atoms with Gasteiger partial charge in [0.15, 0.2) is 18.1 Å². The Balaban J connectivity index is 2.49. The largest absolute Gasteiger partial charge is 0.467 e. The van der Waals surface area contributed by atoms with Crippen LogP contribution in [0, 0.1) is 0 Å². The number of anilines is 1. The van der Waals surface area contributed by atoms with Crippen LogP contribution in [0.4, 0.5) is 19.0 Å². The molecule has 0 radical (unpaired) electrons. The molecule has 2 heterocycles. The van der Waals surface area contributed by atoms with Gasteiger partial charge in [0.1, 0.15) is 10.8 Å². The fourth-order valence-corrected chi connectivity index (χ4v) is 1.80. The molecule has 2 N–H and O–H groups in total. The maximum absolute atomic E-state index is 12.3. The van der Waals surface area contributed by atoms with Crippen LogP contribution in [-0.4, -0.2) is 40.8 Å². The van der Waals surface area contributed by atoms with Crippen molar-refractivity contribution in [2.24, 2.45) is 0 Å². The molecule has 128 valence electrons. The van der Waals surface area contributed by atoms with E-state index < -0.39 is 18.8 Å². The smallest absolute Gasteiger partial charge is 0.422 e. The molecule has 2 aromatic rings. The van der Waals surface area contributed by atoms with Crippen molar-refractivity contribution in [2.45, 2.75) is 6.18 Å². The predicted octanol–water partition coefficient (Wildman–Crippen LogP) is 2.50. The molecular weight excluding hydrogens is 353 g/mol. The molecule has 0 fully saturated rings. The molecule has 0 saturated carbocycles. The second kappa shape index (κ2) is 6.87. The highest BCUT2D eigenvalue weighted by molar-refractivity contribution is 6.35. The van der Waals surface area contributed by atoms with E-state index in [0.29, 0.717) is 0 Å². The van der Waals surface area contributed by atoms with Gasteiger partial charge in [0.05, 0.1) is 12.7 Å². The molecule has 7 nitrogen and oxygen atoms in total. The van der Waals surface area contributed by atoms with Gasteiger partial charge in [-0.25, -0.2) is 19.7 Å². The number of rotatable bonds is 4. The predicted molar refractivity (Wildman–Crippen MR) is 77.6 cm³/mol. The van der Waals surface area contributed by atoms with Crippen LogP contribution >= 0.6 is 11.6 Å². The summed E-state index contributed by atoms with van der Waals surface area (Å²) in [7, 11) is 1.11. The summed E-state index contributed by atoms with van der Waals surface area (Å²) < 4.78 is 46.1. The van der Waals surface area contributed by atoms with E-state index in [2.05, 4.69) is 24.4 Å². The highest BCUT2D eigenvalue weighted by Gasteiger charge is 2.29. The van der Waals surface area contributed by atoms with E-state index >= 15 is 0 Å². The molecule has 0 aliphatic heterocycles. The van der Waals surface area contributed by atoms with Gasteiger partial charge in [0, 0.05) is 6.20 Å². The molecule has 0 aliphatic carbocycles. The van der Waals surface area contributed by atoms with Gasteiger partial charge >= 0.3 is 12.1 Å². The minimum atomic E-state index is -4.55. The monoisotopic (exact) mass is 362 g/mol. The number of aromatic nitrogens is 3. The van der Waals surface area contributed by atoms with Gasteiger partial charge in [-0.15, -0.1) is 0 Å². The topological polar surface area (TPSA) is 100 Å². The SMILES string of the molecule is COC(=O)c1nc(-c2cccnc2OCC(F)(F)F)nc(N)c1Cl. The Labute approximate surface area is 138 Å². The Morgan fingerprint density at radius 2 is 2.08 bits per heavy atom. The van der Waals surface area contributed by atoms with E-state index in [0.717, 1.165) is 7.11 Å². The third kappa shape index (κ3) is 4.02. The molecular formula is C13H10ClF3N4O3. The Bertz CT molecular complexity index is 771. The molecule has 0 spiro atoms. The minimum absolute atomic E-state index is 0.00951. The van der Waals surface area contributed by atoms with Crippen molar-refractivity contribution in [3.05, 3.63) is 29.0 Å². The highest BCUT2D eigenvalue weighted by atomic mass is 35.5. The summed E-state index contributed by atoms with van der Waals surface area (Å²) in [6, 6.07) is 2.80. The Morgan fingerprint density at radius 1 is 1.38 bits per heavy atom. The van der Waals surface area contributed by atoms with Crippen LogP contribution in [0.25, 0.3) is 11.4 Å². The first-order valence-corrected chi connectivity index (χ1v) is 6.67. The summed E-state index contributed by atoms with van der Waals surface area (Å²) in [5.41, 5.74) is 5.30. The molecule has 0 unspecified atom stereocenters. The van der Waals surface area contributed by atoms with Crippen LogP contribution in [0.15, 0.2) is 18.3 Å². The zero-order valence-electron chi connectivity index (χ0n) is 12.1. The Hall–Kier alpha value is -2.62. The molecule has 0 saturated heterocycles. The number of hydrogen-bond donors (Lipinski definition) is 1. The lowest BCUT2D eigenvalue weighted by Crippen LogP contribution is -2.20. The lowest BCUT2D eigenvalue weighted by molar-refractivity contribution is -0.154. The summed E-state index contributed by atoms with van der Waals surface area (Å²) in [5, 5.41) is -0.229. The number of nitrogen functional groups attached to an aromatic ring is 1. The number of nitrogens with zero attached hydrogens (tertiary/aromatic N) is 3. The zero-order chi connectivity index (χ0) is 17.9. The molecule has 0 bridgehead atoms. The number of nitrogens with two attached hydrogens (primary N) is 1. The number of carbonyl (C=O) groups is 1. The summed E-state index contributed by atoms with van der Waals surface area (Å²) >= 11 is 5.84. The van der Waals surface area contributed by atoms with Crippen LogP contribution in [-0.2, 0) is 4.74 Å². The third-order valence-corrected chi connectivity index (χ3v) is 3.01. The van der Waals surface area contributed by atoms with Gasteiger partial charge in [-0.1, -0.05) is 11.6 Å². The number of hydrogen-bond acceptors (Lipinski definition) is 7. The maximum atomic E-state index is 12.3. The van der Waals surface area contributed by atoms with Crippen molar-refractivity contribution in [1.82, 2.24) is 15.0 Å². The molecule has 24 heavy (non-hydrogen) atoms. The van der Waals surface area contributed by atoms with Crippen molar-refractivity contribution in [3.8, 4) is 17.3 Å². The number of alkyl halides is 3. The van der Waals surface area contributed by atoms with Gasteiger partial charge in [0.25, 0.3) is 0 Å². The van der Waals surface area contributed by atoms with Crippen molar-refractivity contribution < 1.29 is 27.4 Å². The van der Waals surface area contributed by atoms with Crippen molar-refractivity contribution in [3.63, 3.8) is 0 Å². The number of halogens is 4. The normalized spacial score (nSPS) is 11.2. The van der Waals surface area contributed by atoms with E-state index in [-0.39, 0.29) is 33.8 Å². The lowest BCUT2D eigenvalue weighted by atomic mass is 10.2. The van der Waals surface area contributed by atoms with E-state index in [1.165, 1.54) is 18.3 Å². The average Bonchev–Trinajstić information content (AvgIpc) is 2.54. The summed E-state index contributed by atoms with van der Waals surface area (Å²) in [5.74, 6) is -1.67. The van der Waals surface area contributed by atoms with E-state index in [4.69, 9.17) is 17.3 Å². The first-order valence-electron chi connectivity index (χ1n) is 6.29. The lowest BCUT2D eigenvalue weighted by Gasteiger charge is -2.12. The fourth-order valence-electron chi connectivity index (χ4n) is 1.64. The highest BCUT2D eigenvalue weighted by Crippen LogP contribution is 2.30. The molecule has 0 aliphatic rings. The van der Waals surface area contributed by atoms with Crippen LogP contribution in [0.1, 0.15) is 10.5 Å². The van der Waals surface area contributed by atoms with Gasteiger partial charge < -0.3 is 15.2 Å². The number of carbonyl (C=O) groups excluding carboxylic acids is 1. The maximum Gasteiger partial charge on any atom is 0.422 e. The zero-order valence-corrected chi connectivity index (χ0v) is 12.9. The summed E-state index contributed by atoms with van der Waals surface area (Å²) in [4.78, 5) is 23.1. The van der Waals surface area contributed by atoms with Gasteiger partial charge in [-0.3, -0.25) is 0 Å². The first kappa shape index (κ1) is 17.7. The van der Waals surface area contributed by atoms with Gasteiger partial charge in [-0.05, 0) is 12.1 Å². The second-order valence-electron chi connectivity index (χ2n) is 4.35. The molecule has 0 atom stereocenters. The Morgan fingerprint density at radius 3 is 2.71 bits per heavy atom. The van der Waals surface area contributed by atoms with E-state index in [1.54, 1.807) is 0 Å². The second-order valence-corrected chi connectivity index (χ2v) is 4.72. The molecule has 0 amide bonds. The minimum Gasteiger partial charge on any atom is -0.467 e. The third-order valence-electron chi connectivity index (χ3n) is 2.64.